The van der Waals surface area contributed by atoms with Crippen molar-refractivity contribution in [2.45, 2.75) is 13.8 Å². The van der Waals surface area contributed by atoms with E-state index in [1.165, 1.54) is 6.92 Å². The molecule has 0 bridgehead atoms. The fourth-order valence-corrected chi connectivity index (χ4v) is 1.76. The van der Waals surface area contributed by atoms with Gasteiger partial charge in [-0.15, -0.1) is 0 Å². The van der Waals surface area contributed by atoms with Gasteiger partial charge in [0.1, 0.15) is 5.75 Å². The van der Waals surface area contributed by atoms with Crippen LogP contribution in [0.5, 0.6) is 5.75 Å². The molecular weight excluding hydrogens is 319 g/mol. The number of halogens is 1. The van der Waals surface area contributed by atoms with E-state index in [9.17, 15) is 4.79 Å². The van der Waals surface area contributed by atoms with Crippen LogP contribution in [0.4, 0.5) is 0 Å². The molecule has 0 atom stereocenters. The van der Waals surface area contributed by atoms with E-state index in [1.807, 2.05) is 25.1 Å². The Labute approximate surface area is 108 Å². The molecule has 1 N–H and O–H groups in total. The van der Waals surface area contributed by atoms with Crippen molar-refractivity contribution in [3.63, 3.8) is 0 Å². The summed E-state index contributed by atoms with van der Waals surface area (Å²) in [5.74, 6) is 0.677. The van der Waals surface area contributed by atoms with E-state index >= 15 is 0 Å². The minimum absolute atomic E-state index is 0.183. The van der Waals surface area contributed by atoms with Gasteiger partial charge in [-0.25, -0.2) is 5.43 Å². The van der Waals surface area contributed by atoms with E-state index in [4.69, 9.17) is 4.74 Å². The first kappa shape index (κ1) is 13.0. The van der Waals surface area contributed by atoms with E-state index in [-0.39, 0.29) is 5.91 Å². The number of carbonyl (C=O) groups is 1. The van der Waals surface area contributed by atoms with Crippen LogP contribution >= 0.6 is 22.6 Å². The molecule has 86 valence electrons. The van der Waals surface area contributed by atoms with Crippen molar-refractivity contribution in [2.24, 2.45) is 5.10 Å². The van der Waals surface area contributed by atoms with Gasteiger partial charge in [-0.05, 0) is 53.3 Å². The second kappa shape index (κ2) is 6.47. The Morgan fingerprint density at radius 3 is 2.94 bits per heavy atom. The number of hydrogen-bond acceptors (Lipinski definition) is 3. The fraction of sp³-hybridized carbons (Fsp3) is 0.273. The van der Waals surface area contributed by atoms with Crippen molar-refractivity contribution in [1.29, 1.82) is 0 Å². The van der Waals surface area contributed by atoms with Crippen LogP contribution in [0.1, 0.15) is 19.4 Å². The SMILES string of the molecule is CCOc1ccc(/C=N\NC(C)=O)cc1I. The van der Waals surface area contributed by atoms with Crippen LogP contribution in [-0.2, 0) is 4.79 Å². The number of rotatable bonds is 4. The predicted molar refractivity (Wildman–Crippen MR) is 71.7 cm³/mol. The molecule has 0 fully saturated rings. The molecule has 0 aliphatic rings. The van der Waals surface area contributed by atoms with E-state index in [0.717, 1.165) is 14.9 Å². The van der Waals surface area contributed by atoms with Crippen LogP contribution in [0.15, 0.2) is 23.3 Å². The van der Waals surface area contributed by atoms with Gasteiger partial charge >= 0.3 is 0 Å². The molecule has 0 saturated heterocycles. The molecule has 5 heteroatoms. The molecule has 1 amide bonds. The maximum absolute atomic E-state index is 10.6. The van der Waals surface area contributed by atoms with Crippen LogP contribution in [0.25, 0.3) is 0 Å². The second-order valence-electron chi connectivity index (χ2n) is 3.05. The van der Waals surface area contributed by atoms with Crippen LogP contribution in [0.3, 0.4) is 0 Å². The summed E-state index contributed by atoms with van der Waals surface area (Å²) in [6, 6.07) is 5.72. The maximum Gasteiger partial charge on any atom is 0.236 e. The van der Waals surface area contributed by atoms with Crippen molar-refractivity contribution in [2.75, 3.05) is 6.61 Å². The van der Waals surface area contributed by atoms with E-state index in [1.54, 1.807) is 6.21 Å². The van der Waals surface area contributed by atoms with Crippen molar-refractivity contribution >= 4 is 34.7 Å². The summed E-state index contributed by atoms with van der Waals surface area (Å²) >= 11 is 2.20. The lowest BCUT2D eigenvalue weighted by atomic mass is 10.2. The molecule has 0 aliphatic carbocycles. The number of carbonyl (C=O) groups excluding carboxylic acids is 1. The molecule has 0 spiro atoms. The normalized spacial score (nSPS) is 10.4. The number of nitrogens with one attached hydrogen (secondary N) is 1. The molecule has 1 rings (SSSR count). The highest BCUT2D eigenvalue weighted by atomic mass is 127. The van der Waals surface area contributed by atoms with Gasteiger partial charge in [0.15, 0.2) is 0 Å². The monoisotopic (exact) mass is 332 g/mol. The zero-order valence-corrected chi connectivity index (χ0v) is 11.3. The Hall–Kier alpha value is -1.11. The summed E-state index contributed by atoms with van der Waals surface area (Å²) in [4.78, 5) is 10.6. The van der Waals surface area contributed by atoms with E-state index < -0.39 is 0 Å². The molecule has 0 aromatic heterocycles. The van der Waals surface area contributed by atoms with Crippen LogP contribution in [0, 0.1) is 3.57 Å². The van der Waals surface area contributed by atoms with E-state index in [0.29, 0.717) is 6.61 Å². The Morgan fingerprint density at radius 2 is 2.38 bits per heavy atom. The standard InChI is InChI=1S/C11H13IN2O2/c1-3-16-11-5-4-9(6-10(11)12)7-13-14-8(2)15/h4-7H,3H2,1-2H3,(H,14,15)/b13-7-. The summed E-state index contributed by atoms with van der Waals surface area (Å²) in [6.07, 6.45) is 1.60. The highest BCUT2D eigenvalue weighted by Crippen LogP contribution is 2.21. The first-order chi connectivity index (χ1) is 7.63. The zero-order chi connectivity index (χ0) is 12.0. The van der Waals surface area contributed by atoms with Crippen molar-refractivity contribution in [3.8, 4) is 5.75 Å². The van der Waals surface area contributed by atoms with Crippen LogP contribution in [0.2, 0.25) is 0 Å². The van der Waals surface area contributed by atoms with Crippen molar-refractivity contribution < 1.29 is 9.53 Å². The van der Waals surface area contributed by atoms with Gasteiger partial charge in [-0.1, -0.05) is 0 Å². The molecular formula is C11H13IN2O2. The fourth-order valence-electron chi connectivity index (χ4n) is 1.07. The molecule has 0 heterocycles. The summed E-state index contributed by atoms with van der Waals surface area (Å²) in [5, 5.41) is 3.79. The third-order valence-corrected chi connectivity index (χ3v) is 2.53. The second-order valence-corrected chi connectivity index (χ2v) is 4.21. The van der Waals surface area contributed by atoms with Crippen LogP contribution in [-0.4, -0.2) is 18.7 Å². The first-order valence-corrected chi connectivity index (χ1v) is 5.93. The average Bonchev–Trinajstić information content (AvgIpc) is 2.21. The lowest BCUT2D eigenvalue weighted by Crippen LogP contribution is -2.12. The third-order valence-electron chi connectivity index (χ3n) is 1.69. The lowest BCUT2D eigenvalue weighted by Gasteiger charge is -2.05. The maximum atomic E-state index is 10.6. The molecule has 4 nitrogen and oxygen atoms in total. The smallest absolute Gasteiger partial charge is 0.236 e. The highest BCUT2D eigenvalue weighted by Gasteiger charge is 2.00. The van der Waals surface area contributed by atoms with Gasteiger partial charge in [0.25, 0.3) is 0 Å². The van der Waals surface area contributed by atoms with Crippen molar-refractivity contribution in [3.05, 3.63) is 27.3 Å². The topological polar surface area (TPSA) is 50.7 Å². The zero-order valence-electron chi connectivity index (χ0n) is 9.16. The van der Waals surface area contributed by atoms with Gasteiger partial charge in [0, 0.05) is 6.92 Å². The molecule has 0 radical (unpaired) electrons. The van der Waals surface area contributed by atoms with Crippen molar-refractivity contribution in [1.82, 2.24) is 5.43 Å². The minimum Gasteiger partial charge on any atom is -0.493 e. The van der Waals surface area contributed by atoms with Gasteiger partial charge in [-0.2, -0.15) is 5.10 Å². The Kier molecular flexibility index (Phi) is 5.24. The molecule has 16 heavy (non-hydrogen) atoms. The molecule has 0 unspecified atom stereocenters. The number of ether oxygens (including phenoxy) is 1. The molecule has 1 aromatic rings. The van der Waals surface area contributed by atoms with Crippen LogP contribution < -0.4 is 10.2 Å². The highest BCUT2D eigenvalue weighted by molar-refractivity contribution is 14.1. The Morgan fingerprint density at radius 1 is 1.62 bits per heavy atom. The Balaban J connectivity index is 2.73. The summed E-state index contributed by atoms with van der Waals surface area (Å²) in [7, 11) is 0. The average molecular weight is 332 g/mol. The lowest BCUT2D eigenvalue weighted by molar-refractivity contribution is -0.118. The van der Waals surface area contributed by atoms with Gasteiger partial charge in [0.2, 0.25) is 5.91 Å². The Bertz CT molecular complexity index is 405. The number of benzene rings is 1. The summed E-state index contributed by atoms with van der Waals surface area (Å²) < 4.78 is 6.43. The largest absolute Gasteiger partial charge is 0.493 e. The van der Waals surface area contributed by atoms with Gasteiger partial charge in [-0.3, -0.25) is 4.79 Å². The minimum atomic E-state index is -0.183. The number of hydrazone groups is 1. The van der Waals surface area contributed by atoms with E-state index in [2.05, 4.69) is 33.1 Å². The number of amides is 1. The summed E-state index contributed by atoms with van der Waals surface area (Å²) in [5.41, 5.74) is 3.27. The first-order valence-electron chi connectivity index (χ1n) is 4.85. The molecule has 0 aliphatic heterocycles. The van der Waals surface area contributed by atoms with Gasteiger partial charge in [0.05, 0.1) is 16.4 Å². The number of hydrogen-bond donors (Lipinski definition) is 1. The quantitative estimate of drug-likeness (QED) is 0.522. The molecule has 1 aromatic carbocycles. The predicted octanol–water partition coefficient (Wildman–Crippen LogP) is 2.16. The third kappa shape index (κ3) is 4.18. The summed E-state index contributed by atoms with van der Waals surface area (Å²) in [6.45, 7) is 4.01. The molecule has 0 saturated carbocycles. The van der Waals surface area contributed by atoms with Gasteiger partial charge < -0.3 is 4.74 Å². The number of nitrogens with zero attached hydrogens (tertiary/aromatic N) is 1.